The van der Waals surface area contributed by atoms with E-state index >= 15 is 0 Å². The number of carbonyl (C=O) groups excluding carboxylic acids is 1. The number of carbonyl (C=O) groups is 1. The highest BCUT2D eigenvalue weighted by Crippen LogP contribution is 2.06. The highest BCUT2D eigenvalue weighted by atomic mass is 16.5. The highest BCUT2D eigenvalue weighted by molar-refractivity contribution is 5.75. The predicted molar refractivity (Wildman–Crippen MR) is 60.8 cm³/mol. The molecule has 4 heteroatoms. The SMILES string of the molecule is COC(=O)[C@@H](CO)N(C)Cc1ccccc1. The van der Waals surface area contributed by atoms with Crippen molar-refractivity contribution in [1.29, 1.82) is 0 Å². The van der Waals surface area contributed by atoms with Gasteiger partial charge in [-0.25, -0.2) is 0 Å². The van der Waals surface area contributed by atoms with E-state index in [2.05, 4.69) is 4.74 Å². The van der Waals surface area contributed by atoms with Gasteiger partial charge in [0.2, 0.25) is 0 Å². The number of aliphatic hydroxyl groups excluding tert-OH is 1. The molecule has 0 heterocycles. The zero-order valence-corrected chi connectivity index (χ0v) is 9.59. The first-order chi connectivity index (χ1) is 7.69. The van der Waals surface area contributed by atoms with Crippen molar-refractivity contribution in [3.05, 3.63) is 35.9 Å². The van der Waals surface area contributed by atoms with Crippen LogP contribution in [0, 0.1) is 0 Å². The molecule has 1 aromatic rings. The van der Waals surface area contributed by atoms with E-state index in [9.17, 15) is 4.79 Å². The van der Waals surface area contributed by atoms with Gasteiger partial charge in [0.05, 0.1) is 13.7 Å². The first-order valence-corrected chi connectivity index (χ1v) is 5.12. The third-order valence-corrected chi connectivity index (χ3v) is 2.45. The summed E-state index contributed by atoms with van der Waals surface area (Å²) in [6.45, 7) is 0.358. The molecule has 1 aromatic carbocycles. The fourth-order valence-corrected chi connectivity index (χ4v) is 1.51. The third kappa shape index (κ3) is 3.32. The second-order valence-electron chi connectivity index (χ2n) is 3.62. The minimum atomic E-state index is -0.606. The van der Waals surface area contributed by atoms with E-state index in [0.29, 0.717) is 6.54 Å². The molecule has 0 aliphatic rings. The average Bonchev–Trinajstić information content (AvgIpc) is 2.31. The van der Waals surface area contributed by atoms with E-state index in [1.54, 1.807) is 11.9 Å². The number of aliphatic hydroxyl groups is 1. The Kier molecular flexibility index (Phi) is 4.95. The first kappa shape index (κ1) is 12.7. The molecule has 1 rings (SSSR count). The van der Waals surface area contributed by atoms with Gasteiger partial charge >= 0.3 is 5.97 Å². The summed E-state index contributed by atoms with van der Waals surface area (Å²) in [6, 6.07) is 9.16. The van der Waals surface area contributed by atoms with Gasteiger partial charge in [0.1, 0.15) is 6.04 Å². The number of nitrogens with zero attached hydrogens (tertiary/aromatic N) is 1. The zero-order chi connectivity index (χ0) is 12.0. The van der Waals surface area contributed by atoms with E-state index < -0.39 is 12.0 Å². The van der Waals surface area contributed by atoms with Crippen molar-refractivity contribution in [3.63, 3.8) is 0 Å². The van der Waals surface area contributed by atoms with Crippen LogP contribution < -0.4 is 0 Å². The molecule has 0 saturated heterocycles. The number of likely N-dealkylation sites (N-methyl/N-ethyl adjacent to an activating group) is 1. The van der Waals surface area contributed by atoms with Crippen LogP contribution >= 0.6 is 0 Å². The van der Waals surface area contributed by atoms with Crippen molar-refractivity contribution in [2.75, 3.05) is 20.8 Å². The Balaban J connectivity index is 2.63. The van der Waals surface area contributed by atoms with Gasteiger partial charge in [0.15, 0.2) is 0 Å². The minimum absolute atomic E-state index is 0.240. The van der Waals surface area contributed by atoms with E-state index in [4.69, 9.17) is 5.11 Å². The van der Waals surface area contributed by atoms with Crippen LogP contribution in [0.5, 0.6) is 0 Å². The summed E-state index contributed by atoms with van der Waals surface area (Å²) in [5, 5.41) is 9.13. The number of benzene rings is 1. The molecule has 0 unspecified atom stereocenters. The zero-order valence-electron chi connectivity index (χ0n) is 9.59. The topological polar surface area (TPSA) is 49.8 Å². The van der Waals surface area contributed by atoms with Crippen LogP contribution in [-0.2, 0) is 16.1 Å². The van der Waals surface area contributed by atoms with Crippen LogP contribution in [0.1, 0.15) is 5.56 Å². The summed E-state index contributed by atoms with van der Waals surface area (Å²) >= 11 is 0. The fourth-order valence-electron chi connectivity index (χ4n) is 1.51. The van der Waals surface area contributed by atoms with Gasteiger partial charge in [-0.05, 0) is 12.6 Å². The number of ether oxygens (including phenoxy) is 1. The molecule has 0 aromatic heterocycles. The van der Waals surface area contributed by atoms with Crippen LogP contribution in [0.4, 0.5) is 0 Å². The van der Waals surface area contributed by atoms with E-state index in [1.165, 1.54) is 7.11 Å². The van der Waals surface area contributed by atoms with Crippen molar-refractivity contribution in [3.8, 4) is 0 Å². The van der Waals surface area contributed by atoms with Crippen molar-refractivity contribution < 1.29 is 14.6 Å². The maximum Gasteiger partial charge on any atom is 0.325 e. The Morgan fingerprint density at radius 2 is 2.06 bits per heavy atom. The summed E-state index contributed by atoms with van der Waals surface area (Å²) < 4.78 is 4.62. The third-order valence-electron chi connectivity index (χ3n) is 2.45. The van der Waals surface area contributed by atoms with E-state index in [1.807, 2.05) is 30.3 Å². The number of hydrogen-bond acceptors (Lipinski definition) is 4. The van der Waals surface area contributed by atoms with Crippen molar-refractivity contribution >= 4 is 5.97 Å². The molecular formula is C12H17NO3. The quantitative estimate of drug-likeness (QED) is 0.745. The van der Waals surface area contributed by atoms with Crippen molar-refractivity contribution in [2.45, 2.75) is 12.6 Å². The molecule has 0 aliphatic carbocycles. The first-order valence-electron chi connectivity index (χ1n) is 5.12. The Hall–Kier alpha value is -1.39. The number of methoxy groups -OCH3 is 1. The maximum absolute atomic E-state index is 11.4. The summed E-state index contributed by atoms with van der Waals surface area (Å²) in [5.74, 6) is -0.416. The highest BCUT2D eigenvalue weighted by Gasteiger charge is 2.22. The molecule has 0 fully saturated rings. The van der Waals surface area contributed by atoms with Gasteiger partial charge in [0.25, 0.3) is 0 Å². The molecule has 0 bridgehead atoms. The lowest BCUT2D eigenvalue weighted by molar-refractivity contribution is -0.148. The fraction of sp³-hybridized carbons (Fsp3) is 0.417. The molecule has 0 radical (unpaired) electrons. The monoisotopic (exact) mass is 223 g/mol. The molecule has 0 saturated carbocycles. The van der Waals surface area contributed by atoms with Gasteiger partial charge < -0.3 is 9.84 Å². The second kappa shape index (κ2) is 6.25. The molecule has 1 atom stereocenters. The Morgan fingerprint density at radius 1 is 1.44 bits per heavy atom. The summed E-state index contributed by atoms with van der Waals surface area (Å²) in [7, 11) is 3.10. The average molecular weight is 223 g/mol. The summed E-state index contributed by atoms with van der Waals surface area (Å²) in [4.78, 5) is 13.1. The molecule has 16 heavy (non-hydrogen) atoms. The Bertz CT molecular complexity index is 326. The molecule has 4 nitrogen and oxygen atoms in total. The lowest BCUT2D eigenvalue weighted by Crippen LogP contribution is -2.41. The standard InChI is InChI=1S/C12H17NO3/c1-13(11(9-14)12(15)16-2)8-10-6-4-3-5-7-10/h3-7,11,14H,8-9H2,1-2H3/t11-/m1/s1. The van der Waals surface area contributed by atoms with Gasteiger partial charge in [-0.1, -0.05) is 30.3 Å². The molecular weight excluding hydrogens is 206 g/mol. The molecule has 88 valence electrons. The molecule has 0 aliphatic heterocycles. The second-order valence-corrected chi connectivity index (χ2v) is 3.62. The maximum atomic E-state index is 11.4. The van der Waals surface area contributed by atoms with E-state index in [0.717, 1.165) is 5.56 Å². The lowest BCUT2D eigenvalue weighted by atomic mass is 10.2. The number of esters is 1. The van der Waals surface area contributed by atoms with Gasteiger partial charge in [0, 0.05) is 6.54 Å². The van der Waals surface area contributed by atoms with Crippen molar-refractivity contribution in [1.82, 2.24) is 4.90 Å². The van der Waals surface area contributed by atoms with Gasteiger partial charge in [-0.15, -0.1) is 0 Å². The number of hydrogen-bond donors (Lipinski definition) is 1. The Morgan fingerprint density at radius 3 is 2.56 bits per heavy atom. The van der Waals surface area contributed by atoms with E-state index in [-0.39, 0.29) is 6.61 Å². The van der Waals surface area contributed by atoms with Crippen LogP contribution in [0.15, 0.2) is 30.3 Å². The van der Waals surface area contributed by atoms with Gasteiger partial charge in [-0.3, -0.25) is 9.69 Å². The van der Waals surface area contributed by atoms with Crippen LogP contribution in [0.3, 0.4) is 0 Å². The number of rotatable bonds is 5. The molecule has 0 spiro atoms. The predicted octanol–water partition coefficient (Wildman–Crippen LogP) is 0.652. The normalized spacial score (nSPS) is 12.5. The van der Waals surface area contributed by atoms with Crippen molar-refractivity contribution in [2.24, 2.45) is 0 Å². The van der Waals surface area contributed by atoms with Gasteiger partial charge in [-0.2, -0.15) is 0 Å². The molecule has 1 N–H and O–H groups in total. The lowest BCUT2D eigenvalue weighted by Gasteiger charge is -2.24. The molecule has 0 amide bonds. The smallest absolute Gasteiger partial charge is 0.325 e. The summed E-state index contributed by atoms with van der Waals surface area (Å²) in [5.41, 5.74) is 1.09. The largest absolute Gasteiger partial charge is 0.468 e. The Labute approximate surface area is 95.5 Å². The van der Waals surface area contributed by atoms with Crippen LogP contribution in [0.25, 0.3) is 0 Å². The minimum Gasteiger partial charge on any atom is -0.468 e. The van der Waals surface area contributed by atoms with Crippen LogP contribution in [-0.4, -0.2) is 42.8 Å². The summed E-state index contributed by atoms with van der Waals surface area (Å²) in [6.07, 6.45) is 0. The van der Waals surface area contributed by atoms with Crippen LogP contribution in [0.2, 0.25) is 0 Å².